The predicted octanol–water partition coefficient (Wildman–Crippen LogP) is 1.17. The van der Waals surface area contributed by atoms with E-state index in [0.717, 1.165) is 23.5 Å². The molecule has 0 aliphatic rings. The average molecular weight is 227 g/mol. The Labute approximate surface area is 99.7 Å². The van der Waals surface area contributed by atoms with Crippen LogP contribution >= 0.6 is 0 Å². The van der Waals surface area contributed by atoms with Crippen molar-refractivity contribution in [1.82, 2.24) is 19.9 Å². The Bertz CT molecular complexity index is 565. The van der Waals surface area contributed by atoms with Crippen LogP contribution in [0, 0.1) is 18.3 Å². The van der Waals surface area contributed by atoms with E-state index in [9.17, 15) is 0 Å². The molecule has 5 heteroatoms. The highest BCUT2D eigenvalue weighted by atomic mass is 15.1. The quantitative estimate of drug-likeness (QED) is 0.854. The number of pyridine rings is 1. The zero-order chi connectivity index (χ0) is 12.3. The molecule has 0 radical (unpaired) electrons. The smallest absolute Gasteiger partial charge is 0.218 e. The highest BCUT2D eigenvalue weighted by Gasteiger charge is 2.08. The lowest BCUT2D eigenvalue weighted by Gasteiger charge is -2.08. The molecule has 2 aromatic rings. The normalized spacial score (nSPS) is 10.2. The molecule has 2 aromatic heterocycles. The Hall–Kier alpha value is -2.19. The first-order chi connectivity index (χ1) is 8.26. The third kappa shape index (κ3) is 2.17. The number of hydrogen-bond donors (Lipinski definition) is 1. The molecule has 0 aromatic carbocycles. The van der Waals surface area contributed by atoms with Crippen molar-refractivity contribution in [3.8, 4) is 11.9 Å². The maximum absolute atomic E-state index is 8.93. The van der Waals surface area contributed by atoms with E-state index in [1.807, 2.05) is 20.0 Å². The average Bonchev–Trinajstić information content (AvgIpc) is 2.77. The monoisotopic (exact) mass is 227 g/mol. The van der Waals surface area contributed by atoms with E-state index in [4.69, 9.17) is 5.26 Å². The fourth-order valence-corrected chi connectivity index (χ4v) is 1.74. The summed E-state index contributed by atoms with van der Waals surface area (Å²) in [5.74, 6) is 1.10. The summed E-state index contributed by atoms with van der Waals surface area (Å²) in [5.41, 5.74) is 2.14. The Morgan fingerprint density at radius 3 is 2.94 bits per heavy atom. The van der Waals surface area contributed by atoms with Gasteiger partial charge in [0.05, 0.1) is 0 Å². The van der Waals surface area contributed by atoms with Gasteiger partial charge in [-0.3, -0.25) is 4.57 Å². The van der Waals surface area contributed by atoms with Gasteiger partial charge in [0.1, 0.15) is 11.9 Å². The minimum atomic E-state index is 0.349. The fraction of sp³-hybridized carbons (Fsp3) is 0.250. The number of rotatable bonds is 3. The molecule has 2 heterocycles. The predicted molar refractivity (Wildman–Crippen MR) is 63.6 cm³/mol. The molecule has 0 fully saturated rings. The molecule has 5 nitrogen and oxygen atoms in total. The summed E-state index contributed by atoms with van der Waals surface area (Å²) in [7, 11) is 1.90. The minimum absolute atomic E-state index is 0.349. The van der Waals surface area contributed by atoms with Crippen molar-refractivity contribution in [3.63, 3.8) is 0 Å². The highest BCUT2D eigenvalue weighted by Crippen LogP contribution is 2.14. The molecule has 17 heavy (non-hydrogen) atoms. The summed E-state index contributed by atoms with van der Waals surface area (Å²) in [6.45, 7) is 2.76. The van der Waals surface area contributed by atoms with Gasteiger partial charge in [-0.1, -0.05) is 0 Å². The Morgan fingerprint density at radius 1 is 1.47 bits per heavy atom. The highest BCUT2D eigenvalue weighted by molar-refractivity contribution is 5.38. The van der Waals surface area contributed by atoms with Crippen LogP contribution in [0.15, 0.2) is 24.7 Å². The van der Waals surface area contributed by atoms with Gasteiger partial charge in [0.25, 0.3) is 0 Å². The molecular weight excluding hydrogens is 214 g/mol. The van der Waals surface area contributed by atoms with E-state index < -0.39 is 0 Å². The van der Waals surface area contributed by atoms with Crippen molar-refractivity contribution in [3.05, 3.63) is 41.6 Å². The van der Waals surface area contributed by atoms with E-state index in [0.29, 0.717) is 5.82 Å². The van der Waals surface area contributed by atoms with Gasteiger partial charge in [-0.2, -0.15) is 5.26 Å². The topological polar surface area (TPSA) is 66.5 Å². The lowest BCUT2D eigenvalue weighted by Crippen LogP contribution is -2.08. The van der Waals surface area contributed by atoms with E-state index in [2.05, 4.69) is 21.4 Å². The molecule has 0 unspecified atom stereocenters. The van der Waals surface area contributed by atoms with Gasteiger partial charge in [0.15, 0.2) is 0 Å². The molecule has 2 rings (SSSR count). The first kappa shape index (κ1) is 11.3. The van der Waals surface area contributed by atoms with Crippen LogP contribution in [0.4, 0.5) is 0 Å². The third-order valence-electron chi connectivity index (χ3n) is 2.46. The molecule has 0 saturated heterocycles. The molecule has 0 atom stereocenters. The number of aromatic nitrogens is 3. The van der Waals surface area contributed by atoms with Crippen LogP contribution in [0.5, 0.6) is 0 Å². The summed E-state index contributed by atoms with van der Waals surface area (Å²) in [6.07, 6.45) is 5.15. The molecule has 0 aliphatic heterocycles. The maximum Gasteiger partial charge on any atom is 0.218 e. The number of hydrogen-bond acceptors (Lipinski definition) is 4. The Morgan fingerprint density at radius 2 is 2.29 bits per heavy atom. The number of nitrogens with one attached hydrogen (secondary N) is 1. The van der Waals surface area contributed by atoms with Crippen molar-refractivity contribution >= 4 is 0 Å². The number of aryl methyl sites for hydroxylation is 1. The van der Waals surface area contributed by atoms with E-state index >= 15 is 0 Å². The second kappa shape index (κ2) is 4.76. The lowest BCUT2D eigenvalue weighted by molar-refractivity contribution is 0.808. The van der Waals surface area contributed by atoms with Crippen molar-refractivity contribution in [2.45, 2.75) is 13.5 Å². The van der Waals surface area contributed by atoms with Crippen LogP contribution in [0.25, 0.3) is 5.82 Å². The maximum atomic E-state index is 8.93. The van der Waals surface area contributed by atoms with Gasteiger partial charge >= 0.3 is 0 Å². The summed E-state index contributed by atoms with van der Waals surface area (Å²) in [4.78, 5) is 8.34. The van der Waals surface area contributed by atoms with Crippen LogP contribution in [0.1, 0.15) is 17.0 Å². The SMILES string of the molecule is CNCc1cnc(-n2ccnc2C#N)c(C)c1. The van der Waals surface area contributed by atoms with Crippen LogP contribution in [0.3, 0.4) is 0 Å². The number of nitrogens with zero attached hydrogens (tertiary/aromatic N) is 4. The van der Waals surface area contributed by atoms with Gasteiger partial charge < -0.3 is 5.32 Å². The van der Waals surface area contributed by atoms with Crippen molar-refractivity contribution in [1.29, 1.82) is 5.26 Å². The van der Waals surface area contributed by atoms with Gasteiger partial charge in [-0.15, -0.1) is 0 Å². The second-order valence-electron chi connectivity index (χ2n) is 3.75. The molecular formula is C12H13N5. The summed E-state index contributed by atoms with van der Waals surface area (Å²) in [6, 6.07) is 4.10. The van der Waals surface area contributed by atoms with Gasteiger partial charge in [0.2, 0.25) is 5.82 Å². The number of imidazole rings is 1. The van der Waals surface area contributed by atoms with Gasteiger partial charge in [0, 0.05) is 25.1 Å². The van der Waals surface area contributed by atoms with Crippen molar-refractivity contribution in [2.75, 3.05) is 7.05 Å². The van der Waals surface area contributed by atoms with Crippen LogP contribution < -0.4 is 5.32 Å². The van der Waals surface area contributed by atoms with E-state index in [-0.39, 0.29) is 0 Å². The first-order valence-electron chi connectivity index (χ1n) is 5.30. The molecule has 0 spiro atoms. The van der Waals surface area contributed by atoms with Crippen molar-refractivity contribution < 1.29 is 0 Å². The lowest BCUT2D eigenvalue weighted by atomic mass is 10.2. The molecule has 0 amide bonds. The molecule has 0 bridgehead atoms. The van der Waals surface area contributed by atoms with Gasteiger partial charge in [-0.25, -0.2) is 9.97 Å². The summed E-state index contributed by atoms with van der Waals surface area (Å²) < 4.78 is 1.69. The number of nitriles is 1. The Balaban J connectivity index is 2.44. The first-order valence-corrected chi connectivity index (χ1v) is 5.30. The summed E-state index contributed by atoms with van der Waals surface area (Å²) in [5, 5.41) is 12.0. The van der Waals surface area contributed by atoms with Crippen LogP contribution in [-0.4, -0.2) is 21.6 Å². The second-order valence-corrected chi connectivity index (χ2v) is 3.75. The fourth-order valence-electron chi connectivity index (χ4n) is 1.74. The standard InChI is InChI=1S/C12H13N5/c1-9-5-10(7-14-2)8-16-12(9)17-4-3-15-11(17)6-13/h3-5,8,14H,7H2,1-2H3. The largest absolute Gasteiger partial charge is 0.316 e. The van der Waals surface area contributed by atoms with E-state index in [1.165, 1.54) is 0 Å². The molecule has 86 valence electrons. The van der Waals surface area contributed by atoms with Gasteiger partial charge in [-0.05, 0) is 31.2 Å². The van der Waals surface area contributed by atoms with Crippen LogP contribution in [-0.2, 0) is 6.54 Å². The zero-order valence-corrected chi connectivity index (χ0v) is 9.81. The third-order valence-corrected chi connectivity index (χ3v) is 2.46. The molecule has 0 aliphatic carbocycles. The van der Waals surface area contributed by atoms with E-state index in [1.54, 1.807) is 23.2 Å². The molecule has 1 N–H and O–H groups in total. The molecule has 0 saturated carbocycles. The Kier molecular flexibility index (Phi) is 3.17. The van der Waals surface area contributed by atoms with Crippen LogP contribution in [0.2, 0.25) is 0 Å². The minimum Gasteiger partial charge on any atom is -0.316 e. The van der Waals surface area contributed by atoms with Crippen molar-refractivity contribution in [2.24, 2.45) is 0 Å². The zero-order valence-electron chi connectivity index (χ0n) is 9.81. The summed E-state index contributed by atoms with van der Waals surface area (Å²) >= 11 is 0.